The number of rotatable bonds is 7. The van der Waals surface area contributed by atoms with Gasteiger partial charge in [0.15, 0.2) is 11.5 Å². The normalized spacial score (nSPS) is 11.7. The number of methoxy groups -OCH3 is 3. The van der Waals surface area contributed by atoms with Crippen molar-refractivity contribution in [2.75, 3.05) is 21.3 Å². The Morgan fingerprint density at radius 3 is 2.04 bits per heavy atom. The van der Waals surface area contributed by atoms with Crippen LogP contribution in [0.2, 0.25) is 0 Å². The summed E-state index contributed by atoms with van der Waals surface area (Å²) in [6.07, 6.45) is 0. The van der Waals surface area contributed by atoms with Gasteiger partial charge in [-0.05, 0) is 36.4 Å². The molecule has 0 aliphatic rings. The highest BCUT2D eigenvalue weighted by Gasteiger charge is 2.22. The van der Waals surface area contributed by atoms with Crippen LogP contribution in [0.15, 0.2) is 86.3 Å². The minimum atomic E-state index is -1.45. The second-order valence-corrected chi connectivity index (χ2v) is 8.00. The predicted octanol–water partition coefficient (Wildman–Crippen LogP) is 5.03. The van der Waals surface area contributed by atoms with E-state index in [1.807, 2.05) is 54.6 Å². The first-order valence-electron chi connectivity index (χ1n) is 8.22. The quantitative estimate of drug-likeness (QED) is 0.557. The molecular weight excluding hydrogens is 380 g/mol. The summed E-state index contributed by atoms with van der Waals surface area (Å²) in [7, 11) is 3.17. The lowest BCUT2D eigenvalue weighted by molar-refractivity contribution is 0.319. The number of ether oxygens (including phenoxy) is 3. The van der Waals surface area contributed by atoms with Gasteiger partial charge in [0, 0.05) is 9.79 Å². The minimum Gasteiger partial charge on any atom is -0.493 e. The smallest absolute Gasteiger partial charge is 0.204 e. The Hall–Kier alpha value is -2.44. The summed E-state index contributed by atoms with van der Waals surface area (Å²) in [5.41, 5.74) is 0. The molecule has 6 heteroatoms. The zero-order valence-corrected chi connectivity index (χ0v) is 16.9. The van der Waals surface area contributed by atoms with Crippen molar-refractivity contribution in [2.24, 2.45) is 0 Å². The van der Waals surface area contributed by atoms with E-state index in [2.05, 4.69) is 0 Å². The van der Waals surface area contributed by atoms with Crippen molar-refractivity contribution < 1.29 is 18.4 Å². The molecule has 0 radical (unpaired) electrons. The van der Waals surface area contributed by atoms with Crippen LogP contribution in [0.5, 0.6) is 17.2 Å². The first kappa shape index (κ1) is 19.3. The predicted molar refractivity (Wildman–Crippen MR) is 108 cm³/mol. The van der Waals surface area contributed by atoms with Gasteiger partial charge in [0.05, 0.1) is 41.9 Å². The summed E-state index contributed by atoms with van der Waals surface area (Å²) >= 11 is 1.58. The lowest BCUT2D eigenvalue weighted by atomic mass is 10.3. The standard InChI is InChI=1S/C21H20O4S2/c1-23-16-13-14-19(21(25-3)20(16)24-2)27(22)18-12-8-7-11-17(18)26-15-9-5-4-6-10-15/h4-14H,1-3H3. The fourth-order valence-electron chi connectivity index (χ4n) is 2.64. The van der Waals surface area contributed by atoms with Gasteiger partial charge >= 0.3 is 0 Å². The molecule has 0 saturated carbocycles. The van der Waals surface area contributed by atoms with E-state index in [-0.39, 0.29) is 0 Å². The van der Waals surface area contributed by atoms with Gasteiger partial charge in [-0.25, -0.2) is 4.21 Å². The largest absolute Gasteiger partial charge is 0.493 e. The molecule has 0 heterocycles. The molecule has 1 atom stereocenters. The molecule has 140 valence electrons. The van der Waals surface area contributed by atoms with Crippen molar-refractivity contribution in [3.63, 3.8) is 0 Å². The molecule has 3 aromatic carbocycles. The van der Waals surface area contributed by atoms with E-state index in [1.54, 1.807) is 31.0 Å². The maximum atomic E-state index is 13.4. The van der Waals surface area contributed by atoms with Gasteiger partial charge in [-0.3, -0.25) is 0 Å². The molecule has 3 rings (SSSR count). The van der Waals surface area contributed by atoms with E-state index in [1.165, 1.54) is 14.2 Å². The molecule has 0 aliphatic carbocycles. The molecule has 0 N–H and O–H groups in total. The van der Waals surface area contributed by atoms with Gasteiger partial charge in [0.25, 0.3) is 0 Å². The summed E-state index contributed by atoms with van der Waals surface area (Å²) in [5, 5.41) is 0. The lowest BCUT2D eigenvalue weighted by Gasteiger charge is -2.16. The Bertz CT molecular complexity index is 942. The van der Waals surface area contributed by atoms with Gasteiger partial charge in [-0.15, -0.1) is 0 Å². The van der Waals surface area contributed by atoms with Crippen LogP contribution in [0, 0.1) is 0 Å². The zero-order valence-electron chi connectivity index (χ0n) is 15.3. The molecule has 1 unspecified atom stereocenters. The van der Waals surface area contributed by atoms with Crippen molar-refractivity contribution in [3.05, 3.63) is 66.7 Å². The van der Waals surface area contributed by atoms with Crippen LogP contribution in [-0.2, 0) is 10.8 Å². The molecule has 0 spiro atoms. The fraction of sp³-hybridized carbons (Fsp3) is 0.143. The van der Waals surface area contributed by atoms with Gasteiger partial charge in [0.2, 0.25) is 5.75 Å². The highest BCUT2D eigenvalue weighted by molar-refractivity contribution is 8.00. The van der Waals surface area contributed by atoms with E-state index in [0.717, 1.165) is 14.7 Å². The van der Waals surface area contributed by atoms with Crippen molar-refractivity contribution in [3.8, 4) is 17.2 Å². The molecule has 27 heavy (non-hydrogen) atoms. The number of benzene rings is 3. The molecule has 0 saturated heterocycles. The second kappa shape index (κ2) is 8.97. The van der Waals surface area contributed by atoms with Crippen LogP contribution in [-0.4, -0.2) is 25.5 Å². The Balaban J connectivity index is 2.05. The average Bonchev–Trinajstić information content (AvgIpc) is 2.73. The number of hydrogen-bond acceptors (Lipinski definition) is 5. The molecule has 3 aromatic rings. The Labute approximate surface area is 165 Å². The fourth-order valence-corrected chi connectivity index (χ4v) is 5.08. The zero-order chi connectivity index (χ0) is 19.2. The topological polar surface area (TPSA) is 44.8 Å². The van der Waals surface area contributed by atoms with Crippen LogP contribution in [0.3, 0.4) is 0 Å². The third-order valence-electron chi connectivity index (χ3n) is 3.89. The van der Waals surface area contributed by atoms with E-state index in [9.17, 15) is 4.21 Å². The third kappa shape index (κ3) is 4.12. The Morgan fingerprint density at radius 1 is 0.704 bits per heavy atom. The van der Waals surface area contributed by atoms with Crippen molar-refractivity contribution in [1.29, 1.82) is 0 Å². The van der Waals surface area contributed by atoms with Crippen LogP contribution < -0.4 is 14.2 Å². The van der Waals surface area contributed by atoms with Crippen LogP contribution in [0.1, 0.15) is 0 Å². The molecule has 0 fully saturated rings. The summed E-state index contributed by atoms with van der Waals surface area (Å²) in [4.78, 5) is 3.27. The molecular formula is C21H20O4S2. The van der Waals surface area contributed by atoms with Crippen LogP contribution in [0.4, 0.5) is 0 Å². The van der Waals surface area contributed by atoms with Crippen molar-refractivity contribution in [1.82, 2.24) is 0 Å². The van der Waals surface area contributed by atoms with E-state index < -0.39 is 10.8 Å². The summed E-state index contributed by atoms with van der Waals surface area (Å²) < 4.78 is 29.7. The molecule has 0 bridgehead atoms. The highest BCUT2D eigenvalue weighted by atomic mass is 32.2. The van der Waals surface area contributed by atoms with Gasteiger partial charge in [-0.2, -0.15) is 0 Å². The first-order chi connectivity index (χ1) is 13.2. The van der Waals surface area contributed by atoms with E-state index in [0.29, 0.717) is 22.1 Å². The minimum absolute atomic E-state index is 0.412. The second-order valence-electron chi connectivity index (χ2n) is 5.46. The SMILES string of the molecule is COc1ccc(S(=O)c2ccccc2Sc2ccccc2)c(OC)c1OC. The maximum Gasteiger partial charge on any atom is 0.204 e. The van der Waals surface area contributed by atoms with Crippen molar-refractivity contribution in [2.45, 2.75) is 19.6 Å². The monoisotopic (exact) mass is 400 g/mol. The van der Waals surface area contributed by atoms with E-state index in [4.69, 9.17) is 14.2 Å². The van der Waals surface area contributed by atoms with Gasteiger partial charge in [-0.1, -0.05) is 42.1 Å². The van der Waals surface area contributed by atoms with Gasteiger partial charge < -0.3 is 14.2 Å². The van der Waals surface area contributed by atoms with Crippen LogP contribution in [0.25, 0.3) is 0 Å². The maximum absolute atomic E-state index is 13.4. The highest BCUT2D eigenvalue weighted by Crippen LogP contribution is 2.43. The number of hydrogen-bond donors (Lipinski definition) is 0. The summed E-state index contributed by atoms with van der Waals surface area (Å²) in [6, 6.07) is 21.2. The Kier molecular flexibility index (Phi) is 6.42. The molecule has 0 aliphatic heterocycles. The van der Waals surface area contributed by atoms with Crippen LogP contribution >= 0.6 is 11.8 Å². The average molecular weight is 401 g/mol. The molecule has 0 amide bonds. The first-order valence-corrected chi connectivity index (χ1v) is 10.2. The van der Waals surface area contributed by atoms with E-state index >= 15 is 0 Å². The third-order valence-corrected chi connectivity index (χ3v) is 6.58. The lowest BCUT2D eigenvalue weighted by Crippen LogP contribution is -2.02. The van der Waals surface area contributed by atoms with Crippen molar-refractivity contribution >= 4 is 22.6 Å². The molecule has 0 aromatic heterocycles. The molecule has 4 nitrogen and oxygen atoms in total. The summed E-state index contributed by atoms with van der Waals surface area (Å²) in [5.74, 6) is 1.37. The Morgan fingerprint density at radius 2 is 1.37 bits per heavy atom. The van der Waals surface area contributed by atoms with Gasteiger partial charge in [0.1, 0.15) is 0 Å². The summed E-state index contributed by atoms with van der Waals surface area (Å²) in [6.45, 7) is 0.